The largest absolute Gasteiger partial charge is 0.744 e. The van der Waals surface area contributed by atoms with E-state index < -0.39 is 7.32 Å². The van der Waals surface area contributed by atoms with Crippen LogP contribution in [0.5, 0.6) is 0 Å². The average Bonchev–Trinajstić information content (AvgIpc) is 1.68. The highest BCUT2D eigenvalue weighted by Gasteiger charge is 2.16. The van der Waals surface area contributed by atoms with Crippen LogP contribution in [0.1, 0.15) is 0 Å². The SMILES string of the molecule is O=COB(O)OF. The molecule has 0 aromatic carbocycles. The maximum atomic E-state index is 10.5. The van der Waals surface area contributed by atoms with E-state index in [1.54, 1.807) is 0 Å². The summed E-state index contributed by atoms with van der Waals surface area (Å²) in [5.74, 6) is 0. The molecule has 0 unspecified atom stereocenters. The van der Waals surface area contributed by atoms with Gasteiger partial charge < -0.3 is 9.68 Å². The lowest BCUT2D eigenvalue weighted by molar-refractivity contribution is -0.129. The van der Waals surface area contributed by atoms with Crippen LogP contribution in [-0.2, 0) is 14.3 Å². The van der Waals surface area contributed by atoms with Crippen LogP contribution >= 0.6 is 0 Å². The molecular formula is CH2BFO4. The lowest BCUT2D eigenvalue weighted by Crippen LogP contribution is -2.17. The molecule has 0 radical (unpaired) electrons. The Hall–Kier alpha value is -0.615. The summed E-state index contributed by atoms with van der Waals surface area (Å²) in [6.45, 7) is -0.135. The molecule has 0 bridgehead atoms. The minimum atomic E-state index is -2.09. The third kappa shape index (κ3) is 3.21. The smallest absolute Gasteiger partial charge is 0.486 e. The van der Waals surface area contributed by atoms with E-state index in [0.717, 1.165) is 0 Å². The van der Waals surface area contributed by atoms with Gasteiger partial charge in [-0.15, -0.1) is 0 Å². The quantitative estimate of drug-likeness (QED) is 0.373. The van der Waals surface area contributed by atoms with Crippen molar-refractivity contribution < 1.29 is 23.9 Å². The van der Waals surface area contributed by atoms with Crippen molar-refractivity contribution in [3.8, 4) is 0 Å². The molecule has 0 aromatic rings. The van der Waals surface area contributed by atoms with Crippen LogP contribution in [0, 0.1) is 0 Å². The first-order valence-electron chi connectivity index (χ1n) is 1.36. The van der Waals surface area contributed by atoms with E-state index in [1.165, 1.54) is 0 Å². The molecule has 0 aliphatic carbocycles. The van der Waals surface area contributed by atoms with Crippen LogP contribution < -0.4 is 0 Å². The van der Waals surface area contributed by atoms with Gasteiger partial charge in [-0.25, -0.2) is 0 Å². The first-order valence-corrected chi connectivity index (χ1v) is 1.36. The van der Waals surface area contributed by atoms with Crippen LogP contribution in [0.3, 0.4) is 0 Å². The van der Waals surface area contributed by atoms with Gasteiger partial charge in [0.1, 0.15) is 0 Å². The van der Waals surface area contributed by atoms with Gasteiger partial charge in [0, 0.05) is 0 Å². The highest BCUT2D eigenvalue weighted by Crippen LogP contribution is 1.78. The number of hydrogen-bond donors (Lipinski definition) is 1. The number of carbonyl (C=O) groups is 1. The predicted molar refractivity (Wildman–Crippen MR) is 17.3 cm³/mol. The molecule has 0 rings (SSSR count). The van der Waals surface area contributed by atoms with Gasteiger partial charge in [0.15, 0.2) is 0 Å². The zero-order valence-electron chi connectivity index (χ0n) is 3.20. The van der Waals surface area contributed by atoms with E-state index in [4.69, 9.17) is 9.82 Å². The van der Waals surface area contributed by atoms with Crippen molar-refractivity contribution >= 4 is 13.8 Å². The van der Waals surface area contributed by atoms with Crippen LogP contribution in [0.4, 0.5) is 4.53 Å². The molecule has 0 aliphatic heterocycles. The number of halogens is 1. The van der Waals surface area contributed by atoms with Crippen molar-refractivity contribution in [2.24, 2.45) is 0 Å². The first-order chi connectivity index (χ1) is 3.31. The molecule has 0 fully saturated rings. The summed E-state index contributed by atoms with van der Waals surface area (Å²) in [4.78, 5) is 11.7. The molecule has 6 heteroatoms. The molecule has 4 nitrogen and oxygen atoms in total. The van der Waals surface area contributed by atoms with Crippen molar-refractivity contribution in [2.75, 3.05) is 0 Å². The van der Waals surface area contributed by atoms with Gasteiger partial charge in [-0.1, -0.05) is 4.53 Å². The number of carbonyl (C=O) groups excluding carboxylic acids is 1. The molecule has 7 heavy (non-hydrogen) atoms. The maximum absolute atomic E-state index is 10.5. The average molecular weight is 108 g/mol. The van der Waals surface area contributed by atoms with Crippen LogP contribution in [0.2, 0.25) is 0 Å². The summed E-state index contributed by atoms with van der Waals surface area (Å²) in [6, 6.07) is 0. The summed E-state index contributed by atoms with van der Waals surface area (Å²) in [6.07, 6.45) is 0. The molecular weight excluding hydrogens is 106 g/mol. The van der Waals surface area contributed by atoms with Crippen molar-refractivity contribution in [1.29, 1.82) is 0 Å². The van der Waals surface area contributed by atoms with E-state index in [2.05, 4.69) is 9.51 Å². The Bertz CT molecular complexity index is 57.7. The van der Waals surface area contributed by atoms with Crippen LogP contribution in [-0.4, -0.2) is 18.8 Å². The maximum Gasteiger partial charge on any atom is 0.744 e. The normalized spacial score (nSPS) is 7.71. The minimum absolute atomic E-state index is 0.135. The van der Waals surface area contributed by atoms with Crippen molar-refractivity contribution in [3.63, 3.8) is 0 Å². The molecule has 0 atom stereocenters. The van der Waals surface area contributed by atoms with Crippen molar-refractivity contribution in [2.45, 2.75) is 0 Å². The van der Waals surface area contributed by atoms with Gasteiger partial charge in [-0.3, -0.25) is 4.79 Å². The third-order valence-electron chi connectivity index (χ3n) is 0.248. The number of rotatable bonds is 3. The van der Waals surface area contributed by atoms with Crippen LogP contribution in [0.15, 0.2) is 0 Å². The topological polar surface area (TPSA) is 55.8 Å². The van der Waals surface area contributed by atoms with E-state index in [0.29, 0.717) is 0 Å². The standard InChI is InChI=1S/CH2BFO4/c3-7-2(5)6-1-4/h1,5H. The fraction of sp³-hybridized carbons (Fsp3) is 0. The lowest BCUT2D eigenvalue weighted by Gasteiger charge is -1.90. The Morgan fingerprint density at radius 1 is 1.86 bits per heavy atom. The van der Waals surface area contributed by atoms with Crippen molar-refractivity contribution in [1.82, 2.24) is 0 Å². The van der Waals surface area contributed by atoms with E-state index in [1.807, 2.05) is 0 Å². The fourth-order valence-corrected chi connectivity index (χ4v) is 0.0685. The highest BCUT2D eigenvalue weighted by molar-refractivity contribution is 6.36. The molecule has 0 amide bonds. The van der Waals surface area contributed by atoms with Crippen molar-refractivity contribution in [3.05, 3.63) is 0 Å². The van der Waals surface area contributed by atoms with Crippen LogP contribution in [0.25, 0.3) is 0 Å². The van der Waals surface area contributed by atoms with E-state index in [9.17, 15) is 4.53 Å². The Balaban J connectivity index is 2.98. The van der Waals surface area contributed by atoms with E-state index >= 15 is 0 Å². The monoisotopic (exact) mass is 108 g/mol. The van der Waals surface area contributed by atoms with Gasteiger partial charge in [0.25, 0.3) is 6.47 Å². The molecule has 0 spiro atoms. The van der Waals surface area contributed by atoms with Gasteiger partial charge >= 0.3 is 7.32 Å². The van der Waals surface area contributed by atoms with Gasteiger partial charge in [-0.2, -0.15) is 4.86 Å². The Morgan fingerprint density at radius 2 is 2.43 bits per heavy atom. The molecule has 0 saturated heterocycles. The summed E-state index contributed by atoms with van der Waals surface area (Å²) in [5, 5.41) is 7.81. The van der Waals surface area contributed by atoms with Gasteiger partial charge in [-0.05, 0) is 0 Å². The Labute approximate surface area is 38.9 Å². The number of hydrogen-bond acceptors (Lipinski definition) is 4. The second-order valence-corrected chi connectivity index (χ2v) is 0.628. The highest BCUT2D eigenvalue weighted by atomic mass is 19.3. The third-order valence-corrected chi connectivity index (χ3v) is 0.248. The molecule has 0 heterocycles. The molecule has 1 N–H and O–H groups in total. The summed E-state index contributed by atoms with van der Waals surface area (Å²) in [5.41, 5.74) is 0. The lowest BCUT2D eigenvalue weighted by atomic mass is 10.3. The molecule has 0 aromatic heterocycles. The molecule has 0 aliphatic rings. The molecule has 40 valence electrons. The van der Waals surface area contributed by atoms with Gasteiger partial charge in [0.05, 0.1) is 0 Å². The second kappa shape index (κ2) is 3.57. The summed E-state index contributed by atoms with van der Waals surface area (Å²) in [7, 11) is -2.09. The zero-order chi connectivity index (χ0) is 5.70. The second-order valence-electron chi connectivity index (χ2n) is 0.628. The van der Waals surface area contributed by atoms with Gasteiger partial charge in [0.2, 0.25) is 0 Å². The Kier molecular flexibility index (Phi) is 3.26. The zero-order valence-corrected chi connectivity index (χ0v) is 3.20. The summed E-state index contributed by atoms with van der Waals surface area (Å²) >= 11 is 0. The predicted octanol–water partition coefficient (Wildman–Crippen LogP) is -0.962. The molecule has 0 saturated carbocycles. The summed E-state index contributed by atoms with van der Waals surface area (Å²) < 4.78 is 14.0. The van der Waals surface area contributed by atoms with E-state index in [-0.39, 0.29) is 6.47 Å². The minimum Gasteiger partial charge on any atom is -0.486 e. The first kappa shape index (κ1) is 6.38. The fourth-order valence-electron chi connectivity index (χ4n) is 0.0685. The Morgan fingerprint density at radius 3 is 2.57 bits per heavy atom.